The number of para-hydroxylation sites is 1. The molecule has 5 heteroatoms. The second-order valence-corrected chi connectivity index (χ2v) is 3.53. The predicted molar refractivity (Wildman–Crippen MR) is 64.6 cm³/mol. The summed E-state index contributed by atoms with van der Waals surface area (Å²) in [6.07, 6.45) is 0. The molecular weight excluding hydrogens is 235 g/mol. The average Bonchev–Trinajstić information content (AvgIpc) is 2.41. The first-order valence-electron chi connectivity index (χ1n) is 5.24. The average molecular weight is 246 g/mol. The van der Waals surface area contributed by atoms with Gasteiger partial charge >= 0.3 is 0 Å². The van der Waals surface area contributed by atoms with Crippen molar-refractivity contribution in [3.05, 3.63) is 59.9 Å². The first-order chi connectivity index (χ1) is 8.70. The molecule has 0 saturated heterocycles. The van der Waals surface area contributed by atoms with Gasteiger partial charge in [-0.1, -0.05) is 18.2 Å². The lowest BCUT2D eigenvalue weighted by molar-refractivity contribution is 0.0953. The standard InChI is InChI=1S/C13H11FN2O2/c14-11-7-6-9(13(17)16-15)8-12(11)18-10-4-2-1-3-5-10/h1-8H,15H2,(H,16,17). The summed E-state index contributed by atoms with van der Waals surface area (Å²) < 4.78 is 18.9. The summed E-state index contributed by atoms with van der Waals surface area (Å²) in [5.74, 6) is 4.42. The molecule has 0 saturated carbocycles. The van der Waals surface area contributed by atoms with E-state index >= 15 is 0 Å². The predicted octanol–water partition coefficient (Wildman–Crippen LogP) is 2.22. The van der Waals surface area contributed by atoms with Crippen molar-refractivity contribution in [2.24, 2.45) is 5.84 Å². The fourth-order valence-corrected chi connectivity index (χ4v) is 1.42. The lowest BCUT2D eigenvalue weighted by Crippen LogP contribution is -2.29. The van der Waals surface area contributed by atoms with E-state index in [9.17, 15) is 9.18 Å². The van der Waals surface area contributed by atoms with Gasteiger partial charge in [0, 0.05) is 5.56 Å². The van der Waals surface area contributed by atoms with Crippen LogP contribution < -0.4 is 16.0 Å². The zero-order chi connectivity index (χ0) is 13.0. The van der Waals surface area contributed by atoms with Gasteiger partial charge in [0.15, 0.2) is 11.6 Å². The van der Waals surface area contributed by atoms with Gasteiger partial charge in [-0.25, -0.2) is 10.2 Å². The van der Waals surface area contributed by atoms with Crippen LogP contribution in [0.4, 0.5) is 4.39 Å². The van der Waals surface area contributed by atoms with Crippen molar-refractivity contribution in [1.82, 2.24) is 5.43 Å². The lowest BCUT2D eigenvalue weighted by Gasteiger charge is -2.08. The number of carbonyl (C=O) groups is 1. The maximum absolute atomic E-state index is 13.5. The third kappa shape index (κ3) is 2.64. The van der Waals surface area contributed by atoms with Crippen LogP contribution in [0.3, 0.4) is 0 Å². The molecule has 0 atom stereocenters. The molecule has 0 aromatic heterocycles. The van der Waals surface area contributed by atoms with E-state index in [1.54, 1.807) is 24.3 Å². The number of carbonyl (C=O) groups excluding carboxylic acids is 1. The third-order valence-corrected chi connectivity index (χ3v) is 2.30. The van der Waals surface area contributed by atoms with E-state index in [0.717, 1.165) is 6.07 Å². The Morgan fingerprint density at radius 3 is 2.56 bits per heavy atom. The number of nitrogens with one attached hydrogen (secondary N) is 1. The van der Waals surface area contributed by atoms with Crippen molar-refractivity contribution in [2.45, 2.75) is 0 Å². The molecular formula is C13H11FN2O2. The summed E-state index contributed by atoms with van der Waals surface area (Å²) in [4.78, 5) is 11.3. The van der Waals surface area contributed by atoms with E-state index in [4.69, 9.17) is 10.6 Å². The summed E-state index contributed by atoms with van der Waals surface area (Å²) >= 11 is 0. The number of nitrogens with two attached hydrogens (primary N) is 1. The van der Waals surface area contributed by atoms with E-state index in [0.29, 0.717) is 5.75 Å². The van der Waals surface area contributed by atoms with Gasteiger partial charge in [0.1, 0.15) is 5.75 Å². The maximum Gasteiger partial charge on any atom is 0.265 e. The summed E-state index contributed by atoms with van der Waals surface area (Å²) in [6, 6.07) is 12.5. The van der Waals surface area contributed by atoms with E-state index < -0.39 is 11.7 Å². The number of halogens is 1. The number of nitrogen functional groups attached to an aromatic ring is 1. The van der Waals surface area contributed by atoms with Gasteiger partial charge in [-0.3, -0.25) is 10.2 Å². The minimum Gasteiger partial charge on any atom is -0.454 e. The van der Waals surface area contributed by atoms with Crippen LogP contribution in [0.2, 0.25) is 0 Å². The van der Waals surface area contributed by atoms with E-state index in [-0.39, 0.29) is 11.3 Å². The number of hydrogen-bond acceptors (Lipinski definition) is 3. The molecule has 0 aliphatic rings. The molecule has 2 rings (SSSR count). The summed E-state index contributed by atoms with van der Waals surface area (Å²) in [7, 11) is 0. The Morgan fingerprint density at radius 1 is 1.17 bits per heavy atom. The Morgan fingerprint density at radius 2 is 1.89 bits per heavy atom. The van der Waals surface area contributed by atoms with Crippen LogP contribution in [-0.4, -0.2) is 5.91 Å². The molecule has 0 spiro atoms. The molecule has 92 valence electrons. The molecule has 0 fully saturated rings. The zero-order valence-corrected chi connectivity index (χ0v) is 9.39. The number of ether oxygens (including phenoxy) is 1. The lowest BCUT2D eigenvalue weighted by atomic mass is 10.2. The monoisotopic (exact) mass is 246 g/mol. The van der Waals surface area contributed by atoms with Crippen LogP contribution >= 0.6 is 0 Å². The Balaban J connectivity index is 2.30. The normalized spacial score (nSPS) is 9.89. The Labute approximate surface area is 103 Å². The summed E-state index contributed by atoms with van der Waals surface area (Å²) in [6.45, 7) is 0. The van der Waals surface area contributed by atoms with Crippen molar-refractivity contribution in [2.75, 3.05) is 0 Å². The van der Waals surface area contributed by atoms with Gasteiger partial charge in [0.25, 0.3) is 5.91 Å². The zero-order valence-electron chi connectivity index (χ0n) is 9.39. The minimum atomic E-state index is -0.549. The molecule has 4 nitrogen and oxygen atoms in total. The van der Waals surface area contributed by atoms with Crippen molar-refractivity contribution < 1.29 is 13.9 Å². The molecule has 2 aromatic rings. The number of amides is 1. The minimum absolute atomic E-state index is 0.0256. The highest BCUT2D eigenvalue weighted by molar-refractivity contribution is 5.94. The fourth-order valence-electron chi connectivity index (χ4n) is 1.42. The number of benzene rings is 2. The quantitative estimate of drug-likeness (QED) is 0.496. The SMILES string of the molecule is NNC(=O)c1ccc(F)c(Oc2ccccc2)c1. The van der Waals surface area contributed by atoms with Gasteiger partial charge in [-0.2, -0.15) is 0 Å². The third-order valence-electron chi connectivity index (χ3n) is 2.30. The van der Waals surface area contributed by atoms with E-state index in [1.807, 2.05) is 11.5 Å². The fraction of sp³-hybridized carbons (Fsp3) is 0. The first-order valence-corrected chi connectivity index (χ1v) is 5.24. The van der Waals surface area contributed by atoms with E-state index in [1.165, 1.54) is 12.1 Å². The van der Waals surface area contributed by atoms with Crippen molar-refractivity contribution in [1.29, 1.82) is 0 Å². The summed E-state index contributed by atoms with van der Waals surface area (Å²) in [5.41, 5.74) is 2.20. The van der Waals surface area contributed by atoms with Crippen LogP contribution in [0.5, 0.6) is 11.5 Å². The number of hydrazine groups is 1. The van der Waals surface area contributed by atoms with Crippen LogP contribution in [0, 0.1) is 5.82 Å². The maximum atomic E-state index is 13.5. The Bertz CT molecular complexity index is 558. The van der Waals surface area contributed by atoms with Crippen molar-refractivity contribution >= 4 is 5.91 Å². The highest BCUT2D eigenvalue weighted by atomic mass is 19.1. The van der Waals surface area contributed by atoms with Gasteiger partial charge in [0.05, 0.1) is 0 Å². The van der Waals surface area contributed by atoms with E-state index in [2.05, 4.69) is 0 Å². The first kappa shape index (κ1) is 12.1. The number of rotatable bonds is 3. The van der Waals surface area contributed by atoms with Crippen LogP contribution in [0.1, 0.15) is 10.4 Å². The molecule has 0 aliphatic heterocycles. The van der Waals surface area contributed by atoms with Crippen LogP contribution in [-0.2, 0) is 0 Å². The van der Waals surface area contributed by atoms with Gasteiger partial charge in [-0.15, -0.1) is 0 Å². The molecule has 1 amide bonds. The largest absolute Gasteiger partial charge is 0.454 e. The smallest absolute Gasteiger partial charge is 0.265 e. The molecule has 0 unspecified atom stereocenters. The van der Waals surface area contributed by atoms with Crippen LogP contribution in [0.15, 0.2) is 48.5 Å². The molecule has 0 bridgehead atoms. The van der Waals surface area contributed by atoms with Gasteiger partial charge in [-0.05, 0) is 30.3 Å². The molecule has 2 aromatic carbocycles. The van der Waals surface area contributed by atoms with Crippen LogP contribution in [0.25, 0.3) is 0 Å². The summed E-state index contributed by atoms with van der Waals surface area (Å²) in [5, 5.41) is 0. The van der Waals surface area contributed by atoms with Gasteiger partial charge < -0.3 is 4.74 Å². The molecule has 0 radical (unpaired) electrons. The molecule has 0 heterocycles. The van der Waals surface area contributed by atoms with Crippen molar-refractivity contribution in [3.63, 3.8) is 0 Å². The highest BCUT2D eigenvalue weighted by Crippen LogP contribution is 2.25. The van der Waals surface area contributed by atoms with Gasteiger partial charge in [0.2, 0.25) is 0 Å². The topological polar surface area (TPSA) is 64.3 Å². The van der Waals surface area contributed by atoms with Crippen molar-refractivity contribution in [3.8, 4) is 11.5 Å². The molecule has 18 heavy (non-hydrogen) atoms. The second kappa shape index (κ2) is 5.29. The molecule has 3 N–H and O–H groups in total. The number of hydrogen-bond donors (Lipinski definition) is 2. The second-order valence-electron chi connectivity index (χ2n) is 3.53. The molecule has 0 aliphatic carbocycles. The highest BCUT2D eigenvalue weighted by Gasteiger charge is 2.10. The Hall–Kier alpha value is -2.40. The Kier molecular flexibility index (Phi) is 3.54.